The van der Waals surface area contributed by atoms with Gasteiger partial charge in [0.2, 0.25) is 0 Å². The minimum Gasteiger partial charge on any atom is -0.385 e. The third kappa shape index (κ3) is 3.57. The standard InChI is InChI=1S/C14H20O.C2H6/c1-11-3-5-13(6-4-11)14(15)9-7-12(2)8-10-14;1-2/h3-6,12,15H,7-10H2,1-2H3;1-2H3. The highest BCUT2D eigenvalue weighted by atomic mass is 16.3. The normalized spacial score (nSPS) is 28.2. The summed E-state index contributed by atoms with van der Waals surface area (Å²) in [5, 5.41) is 10.6. The highest BCUT2D eigenvalue weighted by Crippen LogP contribution is 2.39. The molecular weight excluding hydrogens is 208 g/mol. The molecule has 0 heterocycles. The molecule has 0 radical (unpaired) electrons. The largest absolute Gasteiger partial charge is 0.385 e. The first kappa shape index (κ1) is 14.2. The molecule has 1 heteroatoms. The Kier molecular flexibility index (Phi) is 5.20. The molecule has 1 aromatic carbocycles. The lowest BCUT2D eigenvalue weighted by Gasteiger charge is -2.35. The molecule has 0 bridgehead atoms. The Hall–Kier alpha value is -0.820. The zero-order valence-corrected chi connectivity index (χ0v) is 11.7. The van der Waals surface area contributed by atoms with Crippen LogP contribution in [0.5, 0.6) is 0 Å². The van der Waals surface area contributed by atoms with E-state index in [1.807, 2.05) is 13.8 Å². The molecule has 1 aliphatic rings. The summed E-state index contributed by atoms with van der Waals surface area (Å²) < 4.78 is 0. The smallest absolute Gasteiger partial charge is 0.0896 e. The van der Waals surface area contributed by atoms with Crippen LogP contribution in [0.2, 0.25) is 0 Å². The van der Waals surface area contributed by atoms with Crippen LogP contribution in [0, 0.1) is 12.8 Å². The van der Waals surface area contributed by atoms with E-state index >= 15 is 0 Å². The van der Waals surface area contributed by atoms with Crippen molar-refractivity contribution in [2.45, 2.75) is 59.0 Å². The van der Waals surface area contributed by atoms with Crippen LogP contribution in [-0.4, -0.2) is 5.11 Å². The van der Waals surface area contributed by atoms with Crippen LogP contribution in [0.4, 0.5) is 0 Å². The fourth-order valence-corrected chi connectivity index (χ4v) is 2.39. The number of hydrogen-bond acceptors (Lipinski definition) is 1. The van der Waals surface area contributed by atoms with E-state index in [1.165, 1.54) is 5.56 Å². The van der Waals surface area contributed by atoms with Gasteiger partial charge in [0.05, 0.1) is 5.60 Å². The van der Waals surface area contributed by atoms with E-state index in [4.69, 9.17) is 0 Å². The third-order valence-corrected chi connectivity index (χ3v) is 3.69. The van der Waals surface area contributed by atoms with Crippen molar-refractivity contribution in [3.05, 3.63) is 35.4 Å². The Bertz CT molecular complexity index is 318. The zero-order valence-electron chi connectivity index (χ0n) is 11.7. The van der Waals surface area contributed by atoms with Crippen molar-refractivity contribution in [3.63, 3.8) is 0 Å². The van der Waals surface area contributed by atoms with Gasteiger partial charge >= 0.3 is 0 Å². The Morgan fingerprint density at radius 1 is 1.06 bits per heavy atom. The van der Waals surface area contributed by atoms with E-state index < -0.39 is 5.60 Å². The predicted octanol–water partition coefficient (Wildman–Crippen LogP) is 4.42. The summed E-state index contributed by atoms with van der Waals surface area (Å²) in [6.07, 6.45) is 4.11. The lowest BCUT2D eigenvalue weighted by Crippen LogP contribution is -2.30. The van der Waals surface area contributed by atoms with Gasteiger partial charge in [0, 0.05) is 0 Å². The van der Waals surface area contributed by atoms with Gasteiger partial charge in [0.25, 0.3) is 0 Å². The molecule has 1 aliphatic carbocycles. The highest BCUT2D eigenvalue weighted by molar-refractivity contribution is 5.26. The fraction of sp³-hybridized carbons (Fsp3) is 0.625. The van der Waals surface area contributed by atoms with Crippen molar-refractivity contribution in [3.8, 4) is 0 Å². The third-order valence-electron chi connectivity index (χ3n) is 3.69. The lowest BCUT2D eigenvalue weighted by atomic mass is 9.76. The van der Waals surface area contributed by atoms with Crippen LogP contribution in [0.25, 0.3) is 0 Å². The van der Waals surface area contributed by atoms with Gasteiger partial charge in [-0.25, -0.2) is 0 Å². The van der Waals surface area contributed by atoms with Gasteiger partial charge in [0.1, 0.15) is 0 Å². The molecule has 1 aromatic rings. The maximum absolute atomic E-state index is 10.6. The van der Waals surface area contributed by atoms with Crippen LogP contribution in [-0.2, 0) is 5.60 Å². The molecule has 0 saturated heterocycles. The molecule has 17 heavy (non-hydrogen) atoms. The van der Waals surface area contributed by atoms with Crippen LogP contribution in [0.1, 0.15) is 57.6 Å². The summed E-state index contributed by atoms with van der Waals surface area (Å²) in [5.74, 6) is 0.774. The SMILES string of the molecule is CC.Cc1ccc(C2(O)CCC(C)CC2)cc1. The average Bonchev–Trinajstić information content (AvgIpc) is 2.36. The Morgan fingerprint density at radius 3 is 2.00 bits per heavy atom. The van der Waals surface area contributed by atoms with E-state index in [1.54, 1.807) is 0 Å². The molecular formula is C16H26O. The highest BCUT2D eigenvalue weighted by Gasteiger charge is 2.33. The summed E-state index contributed by atoms with van der Waals surface area (Å²) in [7, 11) is 0. The second kappa shape index (κ2) is 6.20. The number of hydrogen-bond donors (Lipinski definition) is 1. The Labute approximate surface area is 106 Å². The van der Waals surface area contributed by atoms with Crippen molar-refractivity contribution >= 4 is 0 Å². The van der Waals surface area contributed by atoms with Gasteiger partial charge in [-0.1, -0.05) is 50.6 Å². The van der Waals surface area contributed by atoms with Crippen molar-refractivity contribution < 1.29 is 5.11 Å². The van der Waals surface area contributed by atoms with Crippen LogP contribution < -0.4 is 0 Å². The van der Waals surface area contributed by atoms with Gasteiger partial charge in [-0.05, 0) is 44.1 Å². The molecule has 0 spiro atoms. The first-order valence-electron chi connectivity index (χ1n) is 6.90. The van der Waals surface area contributed by atoms with E-state index in [-0.39, 0.29) is 0 Å². The molecule has 0 amide bonds. The molecule has 0 unspecified atom stereocenters. The van der Waals surface area contributed by atoms with Crippen LogP contribution in [0.3, 0.4) is 0 Å². The molecule has 1 N–H and O–H groups in total. The average molecular weight is 234 g/mol. The first-order chi connectivity index (χ1) is 8.10. The fourth-order valence-electron chi connectivity index (χ4n) is 2.39. The summed E-state index contributed by atoms with van der Waals surface area (Å²) in [4.78, 5) is 0. The second-order valence-electron chi connectivity index (χ2n) is 5.08. The number of benzene rings is 1. The van der Waals surface area contributed by atoms with Crippen molar-refractivity contribution in [1.82, 2.24) is 0 Å². The predicted molar refractivity (Wildman–Crippen MR) is 74.1 cm³/mol. The van der Waals surface area contributed by atoms with Gasteiger partial charge in [-0.3, -0.25) is 0 Å². The van der Waals surface area contributed by atoms with Gasteiger partial charge < -0.3 is 5.11 Å². The molecule has 0 aromatic heterocycles. The molecule has 2 rings (SSSR count). The number of aliphatic hydroxyl groups is 1. The zero-order chi connectivity index (χ0) is 12.9. The molecule has 96 valence electrons. The van der Waals surface area contributed by atoms with Crippen LogP contribution >= 0.6 is 0 Å². The monoisotopic (exact) mass is 234 g/mol. The quantitative estimate of drug-likeness (QED) is 0.762. The number of rotatable bonds is 1. The maximum Gasteiger partial charge on any atom is 0.0896 e. The second-order valence-corrected chi connectivity index (χ2v) is 5.08. The summed E-state index contributed by atoms with van der Waals surface area (Å²) in [6, 6.07) is 8.33. The number of aryl methyl sites for hydroxylation is 1. The van der Waals surface area contributed by atoms with E-state index in [0.717, 1.165) is 37.2 Å². The summed E-state index contributed by atoms with van der Waals surface area (Å²) >= 11 is 0. The van der Waals surface area contributed by atoms with Crippen LogP contribution in [0.15, 0.2) is 24.3 Å². The van der Waals surface area contributed by atoms with Gasteiger partial charge in [-0.15, -0.1) is 0 Å². The van der Waals surface area contributed by atoms with Crippen molar-refractivity contribution in [2.24, 2.45) is 5.92 Å². The molecule has 0 aliphatic heterocycles. The first-order valence-corrected chi connectivity index (χ1v) is 6.90. The lowest BCUT2D eigenvalue weighted by molar-refractivity contribution is -0.0120. The van der Waals surface area contributed by atoms with E-state index in [2.05, 4.69) is 38.1 Å². The Balaban J connectivity index is 0.000000686. The minimum absolute atomic E-state index is 0.555. The molecule has 1 saturated carbocycles. The van der Waals surface area contributed by atoms with E-state index in [9.17, 15) is 5.11 Å². The molecule has 1 nitrogen and oxygen atoms in total. The van der Waals surface area contributed by atoms with Crippen molar-refractivity contribution in [1.29, 1.82) is 0 Å². The summed E-state index contributed by atoms with van der Waals surface area (Å²) in [6.45, 7) is 8.35. The molecule has 0 atom stereocenters. The topological polar surface area (TPSA) is 20.2 Å². The maximum atomic E-state index is 10.6. The van der Waals surface area contributed by atoms with Crippen molar-refractivity contribution in [2.75, 3.05) is 0 Å². The Morgan fingerprint density at radius 2 is 1.53 bits per heavy atom. The molecule has 1 fully saturated rings. The van der Waals surface area contributed by atoms with Gasteiger partial charge in [-0.2, -0.15) is 0 Å². The minimum atomic E-state index is -0.555. The summed E-state index contributed by atoms with van der Waals surface area (Å²) in [5.41, 5.74) is 1.80. The van der Waals surface area contributed by atoms with Gasteiger partial charge in [0.15, 0.2) is 0 Å². The van der Waals surface area contributed by atoms with E-state index in [0.29, 0.717) is 0 Å².